The monoisotopic (exact) mass is 465 g/mol. The maximum atomic E-state index is 14.1. The van der Waals surface area contributed by atoms with Crippen LogP contribution in [0.4, 0.5) is 20.4 Å². The molecule has 9 nitrogen and oxygen atoms in total. The maximum Gasteiger partial charge on any atom is 0.256 e. The van der Waals surface area contributed by atoms with Crippen molar-refractivity contribution in [1.29, 1.82) is 0 Å². The summed E-state index contributed by atoms with van der Waals surface area (Å²) in [6.45, 7) is 3.74. The summed E-state index contributed by atoms with van der Waals surface area (Å²) in [5.41, 5.74) is 8.42. The Bertz CT molecular complexity index is 1400. The molecule has 0 radical (unpaired) electrons. The van der Waals surface area contributed by atoms with Gasteiger partial charge in [0, 0.05) is 5.56 Å². The summed E-state index contributed by atoms with van der Waals surface area (Å²) in [4.78, 5) is 21.6. The van der Waals surface area contributed by atoms with Crippen molar-refractivity contribution in [3.05, 3.63) is 65.5 Å². The number of nitrogens with zero attached hydrogens (tertiary/aromatic N) is 4. The fourth-order valence-electron chi connectivity index (χ4n) is 3.88. The highest BCUT2D eigenvalue weighted by atomic mass is 19.1. The lowest BCUT2D eigenvalue weighted by molar-refractivity contribution is 0.0932. The summed E-state index contributed by atoms with van der Waals surface area (Å²) in [6, 6.07) is 6.55. The van der Waals surface area contributed by atoms with Gasteiger partial charge in [0.2, 0.25) is 5.88 Å². The number of anilines is 2. The van der Waals surface area contributed by atoms with E-state index in [0.717, 1.165) is 6.20 Å². The third kappa shape index (κ3) is 3.74. The summed E-state index contributed by atoms with van der Waals surface area (Å²) in [5, 5.41) is 10.3. The van der Waals surface area contributed by atoms with E-state index in [1.807, 2.05) is 0 Å². The molecule has 4 N–H and O–H groups in total. The van der Waals surface area contributed by atoms with E-state index in [9.17, 15) is 13.6 Å². The number of aromatic nitrogens is 4. The predicted molar refractivity (Wildman–Crippen MR) is 121 cm³/mol. The van der Waals surface area contributed by atoms with Gasteiger partial charge in [0.1, 0.15) is 34.9 Å². The molecule has 0 saturated heterocycles. The van der Waals surface area contributed by atoms with Crippen LogP contribution in [0.15, 0.2) is 42.7 Å². The van der Waals surface area contributed by atoms with E-state index in [0.29, 0.717) is 22.5 Å². The molecule has 11 heteroatoms. The summed E-state index contributed by atoms with van der Waals surface area (Å²) >= 11 is 0. The molecule has 0 aliphatic carbocycles. The Kier molecular flexibility index (Phi) is 5.23. The lowest BCUT2D eigenvalue weighted by Gasteiger charge is -2.22. The Morgan fingerprint density at radius 3 is 2.68 bits per heavy atom. The second-order valence-electron chi connectivity index (χ2n) is 8.07. The molecule has 0 unspecified atom stereocenters. The van der Waals surface area contributed by atoms with Gasteiger partial charge in [-0.25, -0.2) is 18.7 Å². The van der Waals surface area contributed by atoms with Crippen molar-refractivity contribution in [2.75, 3.05) is 17.6 Å². The molecule has 2 atom stereocenters. The number of carbonyl (C=O) groups is 1. The van der Waals surface area contributed by atoms with Gasteiger partial charge in [-0.05, 0) is 37.6 Å². The van der Waals surface area contributed by atoms with Crippen LogP contribution in [0.3, 0.4) is 0 Å². The van der Waals surface area contributed by atoms with Gasteiger partial charge in [0.25, 0.3) is 5.91 Å². The standard InChI is InChI=1S/C23H21F2N7O2/c1-11-8-27-22(33)17-10-29-32-19(26)18(13-3-5-14(24)6-4-13)20(31-21(17)32)30-12(2)16-7-15(25)9-28-23(16)34-11/h3-7,9-12H,8,26H2,1-2H3,(H,27,33)(H,30,31)/t11-,12+/m0/s1. The summed E-state index contributed by atoms with van der Waals surface area (Å²) in [5.74, 6) is -0.609. The van der Waals surface area contributed by atoms with Crippen molar-refractivity contribution >= 4 is 23.2 Å². The van der Waals surface area contributed by atoms with E-state index in [1.54, 1.807) is 26.0 Å². The first-order chi connectivity index (χ1) is 16.3. The zero-order chi connectivity index (χ0) is 24.0. The topological polar surface area (TPSA) is 119 Å². The average Bonchev–Trinajstić information content (AvgIpc) is 3.23. The number of rotatable bonds is 1. The van der Waals surface area contributed by atoms with Crippen LogP contribution in [0.5, 0.6) is 5.88 Å². The molecule has 2 bridgehead atoms. The molecular weight excluding hydrogens is 444 g/mol. The lowest BCUT2D eigenvalue weighted by Crippen LogP contribution is -2.34. The second kappa shape index (κ2) is 8.25. The molecule has 0 fully saturated rings. The van der Waals surface area contributed by atoms with Crippen LogP contribution in [0.25, 0.3) is 16.8 Å². The molecule has 174 valence electrons. The quantitative estimate of drug-likeness (QED) is 0.394. The number of benzene rings is 1. The number of fused-ring (bicyclic) bond motifs is 2. The van der Waals surface area contributed by atoms with E-state index < -0.39 is 29.7 Å². The van der Waals surface area contributed by atoms with Gasteiger partial charge < -0.3 is 21.1 Å². The van der Waals surface area contributed by atoms with Crippen LogP contribution in [-0.2, 0) is 0 Å². The molecule has 0 saturated carbocycles. The summed E-state index contributed by atoms with van der Waals surface area (Å²) in [7, 11) is 0. The Balaban J connectivity index is 1.74. The third-order valence-corrected chi connectivity index (χ3v) is 5.59. The Hall–Kier alpha value is -4.28. The largest absolute Gasteiger partial charge is 0.473 e. The zero-order valence-corrected chi connectivity index (χ0v) is 18.3. The van der Waals surface area contributed by atoms with E-state index in [4.69, 9.17) is 10.5 Å². The summed E-state index contributed by atoms with van der Waals surface area (Å²) in [6.07, 6.45) is 2.00. The number of hydrogen-bond donors (Lipinski definition) is 3. The molecule has 1 aromatic carbocycles. The van der Waals surface area contributed by atoms with Gasteiger partial charge in [0.15, 0.2) is 5.65 Å². The molecule has 34 heavy (non-hydrogen) atoms. The van der Waals surface area contributed by atoms with Crippen LogP contribution < -0.4 is 21.1 Å². The number of nitrogen functional groups attached to an aromatic ring is 1. The molecule has 1 aliphatic heterocycles. The Morgan fingerprint density at radius 1 is 1.15 bits per heavy atom. The smallest absolute Gasteiger partial charge is 0.256 e. The van der Waals surface area contributed by atoms with Crippen molar-refractivity contribution < 1.29 is 18.3 Å². The van der Waals surface area contributed by atoms with Crippen LogP contribution >= 0.6 is 0 Å². The number of nitrogens with one attached hydrogen (secondary N) is 2. The van der Waals surface area contributed by atoms with Gasteiger partial charge >= 0.3 is 0 Å². The van der Waals surface area contributed by atoms with Crippen molar-refractivity contribution in [1.82, 2.24) is 24.9 Å². The number of hydrogen-bond acceptors (Lipinski definition) is 7. The van der Waals surface area contributed by atoms with Crippen LogP contribution in [0.2, 0.25) is 0 Å². The number of nitrogens with two attached hydrogens (primary N) is 1. The molecule has 5 rings (SSSR count). The van der Waals surface area contributed by atoms with E-state index in [2.05, 4.69) is 25.7 Å². The molecule has 1 amide bonds. The minimum atomic E-state index is -0.527. The first-order valence-corrected chi connectivity index (χ1v) is 10.6. The van der Waals surface area contributed by atoms with Gasteiger partial charge in [-0.2, -0.15) is 9.61 Å². The SMILES string of the molecule is C[C@H]1CNC(=O)c2cnn3c(N)c(-c4ccc(F)cc4)c(nc23)N[C@H](C)c2cc(F)cnc2O1. The summed E-state index contributed by atoms with van der Waals surface area (Å²) < 4.78 is 35.0. The fraction of sp³-hybridized carbons (Fsp3) is 0.217. The molecule has 3 aromatic heterocycles. The lowest BCUT2D eigenvalue weighted by atomic mass is 10.1. The molecule has 4 heterocycles. The second-order valence-corrected chi connectivity index (χ2v) is 8.07. The minimum absolute atomic E-state index is 0.173. The molecule has 0 spiro atoms. The third-order valence-electron chi connectivity index (χ3n) is 5.59. The number of halogens is 2. The van der Waals surface area contributed by atoms with Crippen molar-refractivity contribution in [3.63, 3.8) is 0 Å². The first-order valence-electron chi connectivity index (χ1n) is 10.6. The van der Waals surface area contributed by atoms with Gasteiger partial charge in [-0.15, -0.1) is 0 Å². The number of pyridine rings is 1. The van der Waals surface area contributed by atoms with E-state index in [-0.39, 0.29) is 29.5 Å². The van der Waals surface area contributed by atoms with Crippen molar-refractivity contribution in [3.8, 4) is 17.0 Å². The van der Waals surface area contributed by atoms with Gasteiger partial charge in [0.05, 0.1) is 30.5 Å². The van der Waals surface area contributed by atoms with Crippen LogP contribution in [0, 0.1) is 11.6 Å². The highest BCUT2D eigenvalue weighted by Gasteiger charge is 2.25. The average molecular weight is 465 g/mol. The first kappa shape index (κ1) is 21.6. The van der Waals surface area contributed by atoms with Crippen molar-refractivity contribution in [2.45, 2.75) is 26.0 Å². The van der Waals surface area contributed by atoms with Gasteiger partial charge in [-0.1, -0.05) is 12.1 Å². The molecule has 4 aromatic rings. The van der Waals surface area contributed by atoms with Crippen molar-refractivity contribution in [2.24, 2.45) is 0 Å². The molecular formula is C23H21F2N7O2. The maximum absolute atomic E-state index is 14.1. The zero-order valence-electron chi connectivity index (χ0n) is 18.3. The molecule has 1 aliphatic rings. The Labute approximate surface area is 193 Å². The normalized spacial score (nSPS) is 18.2. The van der Waals surface area contributed by atoms with Gasteiger partial charge in [-0.3, -0.25) is 4.79 Å². The van der Waals surface area contributed by atoms with E-state index >= 15 is 0 Å². The Morgan fingerprint density at radius 2 is 1.91 bits per heavy atom. The highest BCUT2D eigenvalue weighted by Crippen LogP contribution is 2.36. The predicted octanol–water partition coefficient (Wildman–Crippen LogP) is 3.34. The number of amides is 1. The van der Waals surface area contributed by atoms with Crippen LogP contribution in [0.1, 0.15) is 35.8 Å². The number of carbonyl (C=O) groups excluding carboxylic acids is 1. The number of ether oxygens (including phenoxy) is 1. The fourth-order valence-corrected chi connectivity index (χ4v) is 3.88. The minimum Gasteiger partial charge on any atom is -0.473 e. The van der Waals surface area contributed by atoms with Crippen LogP contribution in [-0.4, -0.2) is 38.1 Å². The van der Waals surface area contributed by atoms with E-state index in [1.165, 1.54) is 28.9 Å². The highest BCUT2D eigenvalue weighted by molar-refractivity contribution is 6.01.